The second-order valence-corrected chi connectivity index (χ2v) is 5.09. The van der Waals surface area contributed by atoms with Gasteiger partial charge in [-0.15, -0.1) is 0 Å². The lowest BCUT2D eigenvalue weighted by atomic mass is 10.1. The molecule has 4 aromatic rings. The molecule has 4 nitrogen and oxygen atoms in total. The summed E-state index contributed by atoms with van der Waals surface area (Å²) in [6.45, 7) is 1.88. The maximum absolute atomic E-state index is 12.6. The van der Waals surface area contributed by atoms with E-state index in [-0.39, 0.29) is 10.8 Å². The third-order valence-electron chi connectivity index (χ3n) is 3.76. The Hall–Kier alpha value is -2.88. The second-order valence-electron chi connectivity index (χ2n) is 5.09. The van der Waals surface area contributed by atoms with E-state index in [9.17, 15) is 9.59 Å². The van der Waals surface area contributed by atoms with Crippen molar-refractivity contribution in [3.8, 4) is 0 Å². The Labute approximate surface area is 118 Å². The van der Waals surface area contributed by atoms with Crippen LogP contribution in [-0.2, 0) is 0 Å². The summed E-state index contributed by atoms with van der Waals surface area (Å²) in [6.07, 6.45) is 0. The lowest BCUT2D eigenvalue weighted by Crippen LogP contribution is -2.16. The maximum Gasteiger partial charge on any atom is 0.263 e. The van der Waals surface area contributed by atoms with E-state index in [4.69, 9.17) is 4.42 Å². The monoisotopic (exact) mass is 277 g/mol. The van der Waals surface area contributed by atoms with E-state index in [1.807, 2.05) is 31.2 Å². The topological polar surface area (TPSA) is 63.1 Å². The third kappa shape index (κ3) is 1.56. The summed E-state index contributed by atoms with van der Waals surface area (Å²) >= 11 is 0. The van der Waals surface area contributed by atoms with E-state index in [1.54, 1.807) is 18.2 Å². The van der Waals surface area contributed by atoms with Gasteiger partial charge in [-0.25, -0.2) is 0 Å². The summed E-state index contributed by atoms with van der Waals surface area (Å²) < 4.78 is 5.93. The highest BCUT2D eigenvalue weighted by molar-refractivity contribution is 6.04. The zero-order valence-electron chi connectivity index (χ0n) is 11.3. The Morgan fingerprint density at radius 2 is 1.67 bits per heavy atom. The molecule has 2 aromatic heterocycles. The lowest BCUT2D eigenvalue weighted by Gasteiger charge is -2.06. The smallest absolute Gasteiger partial charge is 0.263 e. The molecule has 0 radical (unpaired) electrons. The number of aromatic nitrogens is 1. The van der Waals surface area contributed by atoms with E-state index in [0.29, 0.717) is 22.1 Å². The van der Waals surface area contributed by atoms with Crippen LogP contribution in [-0.4, -0.2) is 4.98 Å². The van der Waals surface area contributed by atoms with Crippen LogP contribution in [0.2, 0.25) is 0 Å². The minimum atomic E-state index is -0.416. The summed E-state index contributed by atoms with van der Waals surface area (Å²) in [5.41, 5.74) is 1.71. The van der Waals surface area contributed by atoms with E-state index in [2.05, 4.69) is 4.98 Å². The SMILES string of the molecule is Cc1cccc2c(=O)c3c(=O)[nH]c4ccccc4c3oc12. The van der Waals surface area contributed by atoms with Gasteiger partial charge < -0.3 is 9.40 Å². The normalized spacial score (nSPS) is 11.5. The molecule has 0 unspecified atom stereocenters. The van der Waals surface area contributed by atoms with E-state index in [1.165, 1.54) is 0 Å². The molecule has 0 atom stereocenters. The number of para-hydroxylation sites is 2. The Morgan fingerprint density at radius 3 is 2.52 bits per heavy atom. The van der Waals surface area contributed by atoms with Crippen molar-refractivity contribution in [2.24, 2.45) is 0 Å². The van der Waals surface area contributed by atoms with Gasteiger partial charge in [-0.2, -0.15) is 0 Å². The zero-order valence-corrected chi connectivity index (χ0v) is 11.3. The van der Waals surface area contributed by atoms with Gasteiger partial charge in [-0.05, 0) is 30.7 Å². The number of nitrogens with one attached hydrogen (secondary N) is 1. The number of fused-ring (bicyclic) bond motifs is 4. The molecule has 21 heavy (non-hydrogen) atoms. The summed E-state index contributed by atoms with van der Waals surface area (Å²) in [7, 11) is 0. The van der Waals surface area contributed by atoms with Crippen molar-refractivity contribution in [1.29, 1.82) is 0 Å². The fourth-order valence-corrected chi connectivity index (χ4v) is 2.73. The summed E-state index contributed by atoms with van der Waals surface area (Å²) in [5.74, 6) is 0. The largest absolute Gasteiger partial charge is 0.455 e. The molecule has 4 heteroatoms. The molecule has 0 fully saturated rings. The summed E-state index contributed by atoms with van der Waals surface area (Å²) in [4.78, 5) is 27.6. The predicted molar refractivity (Wildman–Crippen MR) is 82.9 cm³/mol. The van der Waals surface area contributed by atoms with Gasteiger partial charge >= 0.3 is 0 Å². The molecule has 4 rings (SSSR count). The van der Waals surface area contributed by atoms with Gasteiger partial charge in [0.05, 0.1) is 10.9 Å². The van der Waals surface area contributed by atoms with Crippen molar-refractivity contribution in [3.63, 3.8) is 0 Å². The van der Waals surface area contributed by atoms with Crippen LogP contribution in [0.4, 0.5) is 0 Å². The van der Waals surface area contributed by atoms with Crippen LogP contribution in [0, 0.1) is 6.92 Å². The zero-order chi connectivity index (χ0) is 14.6. The molecule has 0 bridgehead atoms. The van der Waals surface area contributed by atoms with Crippen molar-refractivity contribution < 1.29 is 4.42 Å². The highest BCUT2D eigenvalue weighted by Gasteiger charge is 2.14. The van der Waals surface area contributed by atoms with Crippen LogP contribution in [0.3, 0.4) is 0 Å². The fourth-order valence-electron chi connectivity index (χ4n) is 2.73. The molecule has 0 amide bonds. The quantitative estimate of drug-likeness (QED) is 0.397. The predicted octanol–water partition coefficient (Wildman–Crippen LogP) is 3.10. The molecule has 2 heterocycles. The van der Waals surface area contributed by atoms with Crippen LogP contribution in [0.5, 0.6) is 0 Å². The van der Waals surface area contributed by atoms with Crippen molar-refractivity contribution in [2.75, 3.05) is 0 Å². The number of aromatic amines is 1. The number of H-pyrrole nitrogens is 1. The Kier molecular flexibility index (Phi) is 2.30. The molecular formula is C17H11NO3. The van der Waals surface area contributed by atoms with Gasteiger partial charge in [-0.3, -0.25) is 9.59 Å². The highest BCUT2D eigenvalue weighted by atomic mass is 16.3. The van der Waals surface area contributed by atoms with Crippen LogP contribution in [0.1, 0.15) is 5.56 Å². The number of pyridine rings is 1. The fraction of sp³-hybridized carbons (Fsp3) is 0.0588. The van der Waals surface area contributed by atoms with Crippen molar-refractivity contribution in [1.82, 2.24) is 4.98 Å². The number of hydrogen-bond acceptors (Lipinski definition) is 3. The first-order valence-electron chi connectivity index (χ1n) is 6.64. The lowest BCUT2D eigenvalue weighted by molar-refractivity contribution is 0.660. The molecular weight excluding hydrogens is 266 g/mol. The van der Waals surface area contributed by atoms with Crippen molar-refractivity contribution in [2.45, 2.75) is 6.92 Å². The Morgan fingerprint density at radius 1 is 0.905 bits per heavy atom. The molecule has 0 aliphatic heterocycles. The first kappa shape index (κ1) is 11.9. The van der Waals surface area contributed by atoms with Crippen LogP contribution in [0.25, 0.3) is 32.8 Å². The molecule has 0 saturated carbocycles. The van der Waals surface area contributed by atoms with Crippen LogP contribution < -0.4 is 11.0 Å². The average molecular weight is 277 g/mol. The van der Waals surface area contributed by atoms with Gasteiger partial charge in [-0.1, -0.05) is 24.3 Å². The third-order valence-corrected chi connectivity index (χ3v) is 3.76. The standard InChI is InChI=1S/C17H11NO3/c1-9-5-4-7-11-14(19)13-16(21-15(9)11)10-6-2-3-8-12(10)18-17(13)20/h2-8H,1H3,(H,18,20). The van der Waals surface area contributed by atoms with Gasteiger partial charge in [0.15, 0.2) is 5.58 Å². The minimum absolute atomic E-state index is 0.0757. The van der Waals surface area contributed by atoms with E-state index >= 15 is 0 Å². The first-order chi connectivity index (χ1) is 10.2. The first-order valence-corrected chi connectivity index (χ1v) is 6.64. The molecule has 102 valence electrons. The summed E-state index contributed by atoms with van der Waals surface area (Å²) in [5, 5.41) is 1.24. The summed E-state index contributed by atoms with van der Waals surface area (Å²) in [6, 6.07) is 12.7. The Balaban J connectivity index is 2.43. The van der Waals surface area contributed by atoms with Gasteiger partial charge in [0.2, 0.25) is 5.43 Å². The number of aryl methyl sites for hydroxylation is 1. The number of hydrogen-bond donors (Lipinski definition) is 1. The van der Waals surface area contributed by atoms with E-state index < -0.39 is 5.56 Å². The van der Waals surface area contributed by atoms with Gasteiger partial charge in [0, 0.05) is 5.39 Å². The molecule has 0 aliphatic carbocycles. The second kappa shape index (κ2) is 4.06. The van der Waals surface area contributed by atoms with Crippen LogP contribution in [0.15, 0.2) is 56.5 Å². The number of benzene rings is 2. The van der Waals surface area contributed by atoms with Crippen LogP contribution >= 0.6 is 0 Å². The molecule has 2 aromatic carbocycles. The van der Waals surface area contributed by atoms with Gasteiger partial charge in [0.1, 0.15) is 11.0 Å². The minimum Gasteiger partial charge on any atom is -0.455 e. The molecule has 1 N–H and O–H groups in total. The molecule has 0 aliphatic rings. The number of rotatable bonds is 0. The highest BCUT2D eigenvalue weighted by Crippen LogP contribution is 2.24. The average Bonchev–Trinajstić information content (AvgIpc) is 2.48. The van der Waals surface area contributed by atoms with Gasteiger partial charge in [0.25, 0.3) is 5.56 Å². The Bertz CT molecular complexity index is 1140. The van der Waals surface area contributed by atoms with Crippen molar-refractivity contribution in [3.05, 3.63) is 68.6 Å². The maximum atomic E-state index is 12.6. The van der Waals surface area contributed by atoms with E-state index in [0.717, 1.165) is 10.9 Å². The molecule has 0 saturated heterocycles. The van der Waals surface area contributed by atoms with Crippen molar-refractivity contribution >= 4 is 32.8 Å². The molecule has 0 spiro atoms.